The maximum absolute atomic E-state index is 11.3. The van der Waals surface area contributed by atoms with Gasteiger partial charge in [0.15, 0.2) is 0 Å². The molecule has 1 aromatic carbocycles. The SMILES string of the molecule is CCC(=O)Oc1ccc(C(CC)OC(=O)CC)cc1. The lowest BCUT2D eigenvalue weighted by Crippen LogP contribution is -2.10. The molecule has 0 bridgehead atoms. The Kier molecular flexibility index (Phi) is 6.06. The molecule has 0 amide bonds. The zero-order valence-electron chi connectivity index (χ0n) is 11.6. The van der Waals surface area contributed by atoms with Crippen LogP contribution in [0.25, 0.3) is 0 Å². The van der Waals surface area contributed by atoms with Crippen LogP contribution in [0.5, 0.6) is 5.75 Å². The lowest BCUT2D eigenvalue weighted by Gasteiger charge is -2.16. The molecule has 0 aromatic heterocycles. The van der Waals surface area contributed by atoms with Crippen LogP contribution in [0.2, 0.25) is 0 Å². The molecule has 0 saturated carbocycles. The fraction of sp³-hybridized carbons (Fsp3) is 0.467. The zero-order chi connectivity index (χ0) is 14.3. The standard InChI is InChI=1S/C15H20O4/c1-4-13(19-15(17)6-3)11-7-9-12(10-8-11)18-14(16)5-2/h7-10,13H,4-6H2,1-3H3. The quantitative estimate of drug-likeness (QED) is 0.583. The van der Waals surface area contributed by atoms with Crippen molar-refractivity contribution in [1.29, 1.82) is 0 Å². The molecule has 1 atom stereocenters. The molecule has 0 spiro atoms. The Morgan fingerprint density at radius 3 is 2.05 bits per heavy atom. The molecule has 1 rings (SSSR count). The minimum absolute atomic E-state index is 0.215. The highest BCUT2D eigenvalue weighted by Crippen LogP contribution is 2.24. The van der Waals surface area contributed by atoms with Crippen molar-refractivity contribution in [3.8, 4) is 5.75 Å². The number of carbonyl (C=O) groups excluding carboxylic acids is 2. The summed E-state index contributed by atoms with van der Waals surface area (Å²) in [7, 11) is 0. The fourth-order valence-electron chi connectivity index (χ4n) is 1.58. The number of hydrogen-bond donors (Lipinski definition) is 0. The van der Waals surface area contributed by atoms with E-state index in [1.54, 1.807) is 26.0 Å². The molecule has 0 heterocycles. The predicted molar refractivity (Wildman–Crippen MR) is 71.8 cm³/mol. The Labute approximate surface area is 113 Å². The van der Waals surface area contributed by atoms with Gasteiger partial charge in [-0.25, -0.2) is 0 Å². The van der Waals surface area contributed by atoms with Crippen LogP contribution in [0.15, 0.2) is 24.3 Å². The van der Waals surface area contributed by atoms with Crippen molar-refractivity contribution in [1.82, 2.24) is 0 Å². The van der Waals surface area contributed by atoms with Crippen molar-refractivity contribution in [3.63, 3.8) is 0 Å². The van der Waals surface area contributed by atoms with E-state index in [1.165, 1.54) is 0 Å². The first kappa shape index (κ1) is 15.2. The molecule has 4 nitrogen and oxygen atoms in total. The maximum atomic E-state index is 11.3. The van der Waals surface area contributed by atoms with Gasteiger partial charge < -0.3 is 9.47 Å². The summed E-state index contributed by atoms with van der Waals surface area (Å²) in [6.45, 7) is 5.47. The monoisotopic (exact) mass is 264 g/mol. The molecule has 0 aliphatic rings. The first-order valence-corrected chi connectivity index (χ1v) is 6.60. The Morgan fingerprint density at radius 2 is 1.58 bits per heavy atom. The third-order valence-corrected chi connectivity index (χ3v) is 2.71. The van der Waals surface area contributed by atoms with Crippen molar-refractivity contribution in [2.45, 2.75) is 46.1 Å². The van der Waals surface area contributed by atoms with E-state index in [0.29, 0.717) is 25.0 Å². The van der Waals surface area contributed by atoms with Gasteiger partial charge in [0.2, 0.25) is 0 Å². The van der Waals surface area contributed by atoms with Gasteiger partial charge in [-0.1, -0.05) is 32.9 Å². The number of rotatable bonds is 6. The van der Waals surface area contributed by atoms with E-state index in [4.69, 9.17) is 9.47 Å². The second kappa shape index (κ2) is 7.56. The number of esters is 2. The number of ether oxygens (including phenoxy) is 2. The molecular weight excluding hydrogens is 244 g/mol. The summed E-state index contributed by atoms with van der Waals surface area (Å²) in [5.41, 5.74) is 0.903. The molecule has 104 valence electrons. The van der Waals surface area contributed by atoms with E-state index >= 15 is 0 Å². The maximum Gasteiger partial charge on any atom is 0.310 e. The summed E-state index contributed by atoms with van der Waals surface area (Å²) in [5, 5.41) is 0. The van der Waals surface area contributed by atoms with Gasteiger partial charge in [-0.15, -0.1) is 0 Å². The van der Waals surface area contributed by atoms with Gasteiger partial charge in [-0.05, 0) is 24.1 Å². The highest BCUT2D eigenvalue weighted by atomic mass is 16.5. The average Bonchev–Trinajstić information content (AvgIpc) is 2.45. The first-order chi connectivity index (χ1) is 9.10. The van der Waals surface area contributed by atoms with E-state index in [2.05, 4.69) is 0 Å². The van der Waals surface area contributed by atoms with Gasteiger partial charge in [0.05, 0.1) is 0 Å². The van der Waals surface area contributed by atoms with Crippen LogP contribution in [0.1, 0.15) is 51.7 Å². The minimum Gasteiger partial charge on any atom is -0.457 e. The van der Waals surface area contributed by atoms with Crippen LogP contribution < -0.4 is 4.74 Å². The van der Waals surface area contributed by atoms with Crippen LogP contribution in [0.4, 0.5) is 0 Å². The number of carbonyl (C=O) groups is 2. The van der Waals surface area contributed by atoms with E-state index in [-0.39, 0.29) is 18.0 Å². The van der Waals surface area contributed by atoms with E-state index in [1.807, 2.05) is 19.1 Å². The zero-order valence-corrected chi connectivity index (χ0v) is 11.6. The molecule has 4 heteroatoms. The minimum atomic E-state index is -0.266. The molecule has 19 heavy (non-hydrogen) atoms. The summed E-state index contributed by atoms with van der Waals surface area (Å²) < 4.78 is 10.4. The molecule has 1 unspecified atom stereocenters. The summed E-state index contributed by atoms with van der Waals surface area (Å²) >= 11 is 0. The fourth-order valence-corrected chi connectivity index (χ4v) is 1.58. The van der Waals surface area contributed by atoms with Crippen molar-refractivity contribution < 1.29 is 19.1 Å². The van der Waals surface area contributed by atoms with Gasteiger partial charge in [0.25, 0.3) is 0 Å². The highest BCUT2D eigenvalue weighted by molar-refractivity contribution is 5.72. The van der Waals surface area contributed by atoms with Gasteiger partial charge in [-0.2, -0.15) is 0 Å². The summed E-state index contributed by atoms with van der Waals surface area (Å²) in [5.74, 6) is 0.0258. The Balaban J connectivity index is 2.72. The lowest BCUT2D eigenvalue weighted by atomic mass is 10.1. The normalized spacial score (nSPS) is 11.7. The Morgan fingerprint density at radius 1 is 1.00 bits per heavy atom. The Bertz CT molecular complexity index is 422. The largest absolute Gasteiger partial charge is 0.457 e. The average molecular weight is 264 g/mol. The summed E-state index contributed by atoms with van der Waals surface area (Å²) in [6.07, 6.45) is 1.17. The smallest absolute Gasteiger partial charge is 0.310 e. The van der Waals surface area contributed by atoms with Gasteiger partial charge in [0, 0.05) is 12.8 Å². The molecule has 0 aliphatic heterocycles. The van der Waals surface area contributed by atoms with Crippen LogP contribution >= 0.6 is 0 Å². The van der Waals surface area contributed by atoms with Gasteiger partial charge >= 0.3 is 11.9 Å². The van der Waals surface area contributed by atoms with Gasteiger partial charge in [-0.3, -0.25) is 9.59 Å². The van der Waals surface area contributed by atoms with Crippen LogP contribution in [0, 0.1) is 0 Å². The third kappa shape index (κ3) is 4.73. The van der Waals surface area contributed by atoms with Crippen molar-refractivity contribution in [3.05, 3.63) is 29.8 Å². The molecule has 0 aliphatic carbocycles. The molecule has 0 saturated heterocycles. The van der Waals surface area contributed by atoms with Crippen LogP contribution in [-0.2, 0) is 14.3 Å². The lowest BCUT2D eigenvalue weighted by molar-refractivity contribution is -0.149. The molecule has 0 radical (unpaired) electrons. The van der Waals surface area contributed by atoms with Crippen molar-refractivity contribution in [2.24, 2.45) is 0 Å². The predicted octanol–water partition coefficient (Wildman–Crippen LogP) is 3.41. The summed E-state index contributed by atoms with van der Waals surface area (Å²) in [4.78, 5) is 22.5. The van der Waals surface area contributed by atoms with Crippen molar-refractivity contribution >= 4 is 11.9 Å². The van der Waals surface area contributed by atoms with Crippen LogP contribution in [0.3, 0.4) is 0 Å². The highest BCUT2D eigenvalue weighted by Gasteiger charge is 2.14. The second-order valence-electron chi connectivity index (χ2n) is 4.14. The van der Waals surface area contributed by atoms with E-state index in [9.17, 15) is 9.59 Å². The van der Waals surface area contributed by atoms with Crippen LogP contribution in [-0.4, -0.2) is 11.9 Å². The third-order valence-electron chi connectivity index (χ3n) is 2.71. The van der Waals surface area contributed by atoms with Crippen molar-refractivity contribution in [2.75, 3.05) is 0 Å². The van der Waals surface area contributed by atoms with E-state index in [0.717, 1.165) is 5.56 Å². The second-order valence-corrected chi connectivity index (χ2v) is 4.14. The molecule has 0 N–H and O–H groups in total. The van der Waals surface area contributed by atoms with E-state index < -0.39 is 0 Å². The Hall–Kier alpha value is -1.84. The summed E-state index contributed by atoms with van der Waals surface area (Å²) in [6, 6.07) is 7.06. The molecule has 1 aromatic rings. The van der Waals surface area contributed by atoms with Gasteiger partial charge in [0.1, 0.15) is 11.9 Å². The number of benzene rings is 1. The first-order valence-electron chi connectivity index (χ1n) is 6.60. The molecular formula is C15H20O4. The molecule has 0 fully saturated rings. The number of hydrogen-bond acceptors (Lipinski definition) is 4. The topological polar surface area (TPSA) is 52.6 Å².